The monoisotopic (exact) mass is 251 g/mol. The summed E-state index contributed by atoms with van der Waals surface area (Å²) >= 11 is 0. The van der Waals surface area contributed by atoms with Crippen LogP contribution in [-0.2, 0) is 0 Å². The summed E-state index contributed by atoms with van der Waals surface area (Å²) in [7, 11) is 0. The Morgan fingerprint density at radius 2 is 1.28 bits per heavy atom. The molecule has 2 rings (SSSR count). The lowest BCUT2D eigenvalue weighted by Crippen LogP contribution is -2.37. The maximum absolute atomic E-state index is 3.87. The molecule has 0 radical (unpaired) electrons. The van der Waals surface area contributed by atoms with Crippen molar-refractivity contribution in [2.24, 2.45) is 11.8 Å². The van der Waals surface area contributed by atoms with Gasteiger partial charge in [0.15, 0.2) is 0 Å². The first-order valence-corrected chi connectivity index (χ1v) is 8.59. The van der Waals surface area contributed by atoms with E-state index in [-0.39, 0.29) is 0 Å². The van der Waals surface area contributed by atoms with Crippen molar-refractivity contribution in [1.82, 2.24) is 5.32 Å². The Morgan fingerprint density at radius 3 is 1.94 bits per heavy atom. The van der Waals surface area contributed by atoms with Crippen LogP contribution in [0.5, 0.6) is 0 Å². The average molecular weight is 251 g/mol. The van der Waals surface area contributed by atoms with Gasteiger partial charge in [0.05, 0.1) is 0 Å². The Bertz CT molecular complexity index is 198. The zero-order chi connectivity index (χ0) is 12.6. The van der Waals surface area contributed by atoms with Crippen molar-refractivity contribution in [3.63, 3.8) is 0 Å². The molecule has 2 aliphatic rings. The number of hydrogen-bond acceptors (Lipinski definition) is 1. The van der Waals surface area contributed by atoms with E-state index in [0.29, 0.717) is 0 Å². The van der Waals surface area contributed by atoms with Gasteiger partial charge in [-0.05, 0) is 51.0 Å². The topological polar surface area (TPSA) is 12.0 Å². The van der Waals surface area contributed by atoms with Crippen molar-refractivity contribution in [3.05, 3.63) is 0 Å². The lowest BCUT2D eigenvalue weighted by atomic mass is 9.84. The zero-order valence-electron chi connectivity index (χ0n) is 12.4. The molecule has 1 heteroatoms. The molecule has 0 aromatic rings. The third-order valence-electron chi connectivity index (χ3n) is 5.31. The third kappa shape index (κ3) is 4.91. The maximum Gasteiger partial charge on any atom is 0.00671 e. The fourth-order valence-electron chi connectivity index (χ4n) is 3.90. The fourth-order valence-corrected chi connectivity index (χ4v) is 3.90. The van der Waals surface area contributed by atoms with Gasteiger partial charge in [-0.1, -0.05) is 51.4 Å². The van der Waals surface area contributed by atoms with Crippen LogP contribution >= 0.6 is 0 Å². The SMILES string of the molecule is C[C@H](NCC1CCCCCCC1)C1CCCCC1. The first-order valence-electron chi connectivity index (χ1n) is 8.59. The minimum absolute atomic E-state index is 0.760. The highest BCUT2D eigenvalue weighted by Crippen LogP contribution is 2.27. The fraction of sp³-hybridized carbons (Fsp3) is 1.00. The highest BCUT2D eigenvalue weighted by molar-refractivity contribution is 4.77. The van der Waals surface area contributed by atoms with Crippen LogP contribution in [0.2, 0.25) is 0 Å². The lowest BCUT2D eigenvalue weighted by Gasteiger charge is -2.30. The predicted octanol–water partition coefficient (Wildman–Crippen LogP) is 4.91. The summed E-state index contributed by atoms with van der Waals surface area (Å²) in [6, 6.07) is 0.760. The van der Waals surface area contributed by atoms with Gasteiger partial charge in [-0.2, -0.15) is 0 Å². The van der Waals surface area contributed by atoms with E-state index >= 15 is 0 Å². The molecule has 0 heterocycles. The van der Waals surface area contributed by atoms with Gasteiger partial charge in [0.25, 0.3) is 0 Å². The summed E-state index contributed by atoms with van der Waals surface area (Å²) in [6.07, 6.45) is 17.7. The van der Waals surface area contributed by atoms with E-state index in [2.05, 4.69) is 12.2 Å². The Kier molecular flexibility index (Phi) is 6.54. The molecule has 0 aromatic carbocycles. The molecule has 0 unspecified atom stereocenters. The van der Waals surface area contributed by atoms with E-state index in [1.165, 1.54) is 83.6 Å². The smallest absolute Gasteiger partial charge is 0.00671 e. The predicted molar refractivity (Wildman–Crippen MR) is 79.8 cm³/mol. The molecule has 0 bridgehead atoms. The maximum atomic E-state index is 3.87. The van der Waals surface area contributed by atoms with Gasteiger partial charge < -0.3 is 5.32 Å². The molecule has 1 nitrogen and oxygen atoms in total. The molecule has 2 fully saturated rings. The first-order chi connectivity index (χ1) is 8.86. The molecule has 0 aromatic heterocycles. The first kappa shape index (κ1) is 14.4. The minimum atomic E-state index is 0.760. The molecule has 0 amide bonds. The van der Waals surface area contributed by atoms with Crippen molar-refractivity contribution >= 4 is 0 Å². The molecule has 0 spiro atoms. The molecule has 1 atom stereocenters. The molecule has 18 heavy (non-hydrogen) atoms. The Balaban J connectivity index is 1.65. The van der Waals surface area contributed by atoms with Gasteiger partial charge >= 0.3 is 0 Å². The minimum Gasteiger partial charge on any atom is -0.314 e. The molecule has 0 saturated heterocycles. The van der Waals surface area contributed by atoms with E-state index in [9.17, 15) is 0 Å². The van der Waals surface area contributed by atoms with Crippen molar-refractivity contribution in [3.8, 4) is 0 Å². The number of rotatable bonds is 4. The molecule has 2 aliphatic carbocycles. The summed E-state index contributed by atoms with van der Waals surface area (Å²) in [5, 5.41) is 3.87. The van der Waals surface area contributed by atoms with Crippen LogP contribution in [0.1, 0.15) is 84.0 Å². The molecule has 0 aliphatic heterocycles. The van der Waals surface area contributed by atoms with Crippen molar-refractivity contribution < 1.29 is 0 Å². The van der Waals surface area contributed by atoms with Gasteiger partial charge in [0, 0.05) is 6.04 Å². The quantitative estimate of drug-likeness (QED) is 0.749. The Hall–Kier alpha value is -0.0400. The van der Waals surface area contributed by atoms with E-state index in [1.807, 2.05) is 0 Å². The van der Waals surface area contributed by atoms with Crippen molar-refractivity contribution in [2.75, 3.05) is 6.54 Å². The molecular formula is C17H33N. The summed E-state index contributed by atoms with van der Waals surface area (Å²) in [5.74, 6) is 1.93. The van der Waals surface area contributed by atoms with E-state index in [1.54, 1.807) is 0 Å². The van der Waals surface area contributed by atoms with E-state index in [4.69, 9.17) is 0 Å². The molecule has 106 valence electrons. The standard InChI is InChI=1S/C17H33N/c1-15(17-12-8-5-9-13-17)18-14-16-10-6-3-2-4-7-11-16/h15-18H,2-14H2,1H3/t15-/m0/s1. The van der Waals surface area contributed by atoms with Gasteiger partial charge in [0.2, 0.25) is 0 Å². The average Bonchev–Trinajstić information content (AvgIpc) is 2.38. The van der Waals surface area contributed by atoms with E-state index in [0.717, 1.165) is 17.9 Å². The van der Waals surface area contributed by atoms with Crippen LogP contribution in [-0.4, -0.2) is 12.6 Å². The van der Waals surface area contributed by atoms with Gasteiger partial charge in [-0.15, -0.1) is 0 Å². The normalized spacial score (nSPS) is 26.5. The Morgan fingerprint density at radius 1 is 0.778 bits per heavy atom. The molecule has 1 N–H and O–H groups in total. The second-order valence-electron chi connectivity index (χ2n) is 6.81. The molecule has 2 saturated carbocycles. The van der Waals surface area contributed by atoms with Crippen molar-refractivity contribution in [2.45, 2.75) is 90.0 Å². The summed E-state index contributed by atoms with van der Waals surface area (Å²) in [5.41, 5.74) is 0. The molecular weight excluding hydrogens is 218 g/mol. The summed E-state index contributed by atoms with van der Waals surface area (Å²) < 4.78 is 0. The van der Waals surface area contributed by atoms with Crippen LogP contribution in [0, 0.1) is 11.8 Å². The highest BCUT2D eigenvalue weighted by Gasteiger charge is 2.20. The van der Waals surface area contributed by atoms with E-state index < -0.39 is 0 Å². The lowest BCUT2D eigenvalue weighted by molar-refractivity contribution is 0.261. The third-order valence-corrected chi connectivity index (χ3v) is 5.31. The second kappa shape index (κ2) is 8.19. The van der Waals surface area contributed by atoms with Crippen LogP contribution in [0.4, 0.5) is 0 Å². The van der Waals surface area contributed by atoms with Crippen LogP contribution in [0.15, 0.2) is 0 Å². The number of hydrogen-bond donors (Lipinski definition) is 1. The van der Waals surface area contributed by atoms with Crippen LogP contribution in [0.25, 0.3) is 0 Å². The van der Waals surface area contributed by atoms with Gasteiger partial charge in [-0.3, -0.25) is 0 Å². The number of nitrogens with one attached hydrogen (secondary N) is 1. The van der Waals surface area contributed by atoms with Crippen LogP contribution in [0.3, 0.4) is 0 Å². The Labute approximate surface area is 114 Å². The second-order valence-corrected chi connectivity index (χ2v) is 6.81. The van der Waals surface area contributed by atoms with Gasteiger partial charge in [0.1, 0.15) is 0 Å². The summed E-state index contributed by atoms with van der Waals surface area (Å²) in [6.45, 7) is 3.72. The van der Waals surface area contributed by atoms with Crippen molar-refractivity contribution in [1.29, 1.82) is 0 Å². The summed E-state index contributed by atoms with van der Waals surface area (Å²) in [4.78, 5) is 0. The largest absolute Gasteiger partial charge is 0.314 e. The highest BCUT2D eigenvalue weighted by atomic mass is 14.9. The van der Waals surface area contributed by atoms with Crippen LogP contribution < -0.4 is 5.32 Å². The zero-order valence-corrected chi connectivity index (χ0v) is 12.4. The van der Waals surface area contributed by atoms with Gasteiger partial charge in [-0.25, -0.2) is 0 Å².